The van der Waals surface area contributed by atoms with Gasteiger partial charge in [-0.25, -0.2) is 5.01 Å². The van der Waals surface area contributed by atoms with Gasteiger partial charge in [-0.1, -0.05) is 19.1 Å². The maximum absolute atomic E-state index is 13.7. The van der Waals surface area contributed by atoms with Crippen molar-refractivity contribution in [1.82, 2.24) is 14.8 Å². The fourth-order valence-corrected chi connectivity index (χ4v) is 6.26. The maximum atomic E-state index is 13.7. The molecule has 5 rings (SSSR count). The third-order valence-corrected chi connectivity index (χ3v) is 7.90. The first kappa shape index (κ1) is 21.7. The van der Waals surface area contributed by atoms with Crippen LogP contribution in [0.5, 0.6) is 0 Å². The first-order valence-corrected chi connectivity index (χ1v) is 12.6. The highest BCUT2D eigenvalue weighted by atomic mass is 32.1. The Morgan fingerprint density at radius 3 is 2.76 bits per heavy atom. The van der Waals surface area contributed by atoms with E-state index in [2.05, 4.69) is 24.2 Å². The number of thiophene rings is 2. The number of fused-ring (bicyclic) bond motifs is 1. The lowest BCUT2D eigenvalue weighted by Crippen LogP contribution is -2.33. The van der Waals surface area contributed by atoms with E-state index < -0.39 is 10.8 Å². The van der Waals surface area contributed by atoms with Gasteiger partial charge in [0, 0.05) is 22.2 Å². The Kier molecular flexibility index (Phi) is 5.71. The fraction of sp³-hybridized carbons (Fsp3) is 0.348. The van der Waals surface area contributed by atoms with Gasteiger partial charge in [-0.2, -0.15) is 10.2 Å². The van der Waals surface area contributed by atoms with Crippen LogP contribution >= 0.6 is 22.7 Å². The maximum Gasteiger partial charge on any atom is 0.320 e. The van der Waals surface area contributed by atoms with Gasteiger partial charge < -0.3 is 0 Å². The van der Waals surface area contributed by atoms with Crippen LogP contribution in [0.3, 0.4) is 0 Å². The van der Waals surface area contributed by atoms with Crippen LogP contribution < -0.4 is 0 Å². The largest absolute Gasteiger partial charge is 0.320 e. The van der Waals surface area contributed by atoms with Crippen molar-refractivity contribution in [2.45, 2.75) is 39.3 Å². The highest BCUT2D eigenvalue weighted by Gasteiger charge is 2.47. The SMILES string of the molecule is CCn1cc([N+](=O)[O-])c(C(=O)N2N=C3/C(=C\c4cccs4)CC(C)CC3C2c2cccs2)n1. The molecular weight excluding hydrogens is 458 g/mol. The van der Waals surface area contributed by atoms with Crippen molar-refractivity contribution >= 4 is 46.1 Å². The minimum absolute atomic E-state index is 0.0369. The standard InChI is InChI=1S/C23H23N5O3S2/c1-3-26-13-18(28(30)31)21(24-26)23(29)27-22(19-7-5-9-33-19)17-11-14(2)10-15(20(17)25-27)12-16-6-4-8-32-16/h4-9,12-14,17,22H,3,10-11H2,1-2H3/b15-12-. The van der Waals surface area contributed by atoms with Gasteiger partial charge >= 0.3 is 11.6 Å². The number of hydrazone groups is 1. The molecule has 3 unspecified atom stereocenters. The highest BCUT2D eigenvalue weighted by molar-refractivity contribution is 7.11. The van der Waals surface area contributed by atoms with Gasteiger partial charge in [-0.15, -0.1) is 22.7 Å². The lowest BCUT2D eigenvalue weighted by atomic mass is 9.74. The molecule has 0 aromatic carbocycles. The number of carbonyl (C=O) groups excluding carboxylic acids is 1. The van der Waals surface area contributed by atoms with Gasteiger partial charge in [0.1, 0.15) is 6.20 Å². The third kappa shape index (κ3) is 3.93. The lowest BCUT2D eigenvalue weighted by molar-refractivity contribution is -0.385. The first-order chi connectivity index (χ1) is 16.0. The number of hydrogen-bond acceptors (Lipinski definition) is 7. The summed E-state index contributed by atoms with van der Waals surface area (Å²) in [4.78, 5) is 26.9. The molecule has 3 aromatic rings. The van der Waals surface area contributed by atoms with Crippen LogP contribution in [0, 0.1) is 22.0 Å². The molecule has 170 valence electrons. The van der Waals surface area contributed by atoms with Crippen LogP contribution in [0.4, 0.5) is 5.69 Å². The van der Waals surface area contributed by atoms with Crippen molar-refractivity contribution in [1.29, 1.82) is 0 Å². The summed E-state index contributed by atoms with van der Waals surface area (Å²) in [6.07, 6.45) is 5.27. The molecule has 0 bridgehead atoms. The molecular formula is C23H23N5O3S2. The average molecular weight is 482 g/mol. The van der Waals surface area contributed by atoms with Crippen molar-refractivity contribution in [3.8, 4) is 0 Å². The molecule has 3 aromatic heterocycles. The minimum atomic E-state index is -0.549. The molecule has 1 aliphatic heterocycles. The Hall–Kier alpha value is -3.11. The van der Waals surface area contributed by atoms with E-state index >= 15 is 0 Å². The first-order valence-electron chi connectivity index (χ1n) is 10.9. The predicted molar refractivity (Wildman–Crippen MR) is 129 cm³/mol. The molecule has 10 heteroatoms. The van der Waals surface area contributed by atoms with E-state index in [0.717, 1.165) is 33.9 Å². The second-order valence-corrected chi connectivity index (χ2v) is 10.4. The molecule has 4 heterocycles. The zero-order valence-electron chi connectivity index (χ0n) is 18.2. The van der Waals surface area contributed by atoms with Gasteiger partial charge in [0.2, 0.25) is 5.69 Å². The number of aromatic nitrogens is 2. The zero-order chi connectivity index (χ0) is 23.1. The van der Waals surface area contributed by atoms with Crippen molar-refractivity contribution < 1.29 is 9.72 Å². The molecule has 1 fully saturated rings. The molecule has 0 radical (unpaired) electrons. The van der Waals surface area contributed by atoms with Crippen molar-refractivity contribution in [3.63, 3.8) is 0 Å². The number of amides is 1. The van der Waals surface area contributed by atoms with E-state index in [4.69, 9.17) is 5.10 Å². The van der Waals surface area contributed by atoms with E-state index in [-0.39, 0.29) is 23.3 Å². The number of aryl methyl sites for hydroxylation is 1. The van der Waals surface area contributed by atoms with E-state index in [1.54, 1.807) is 22.7 Å². The van der Waals surface area contributed by atoms with Crippen LogP contribution in [0.1, 0.15) is 53.0 Å². The molecule has 1 aliphatic carbocycles. The van der Waals surface area contributed by atoms with E-state index in [1.165, 1.54) is 15.9 Å². The topological polar surface area (TPSA) is 93.6 Å². The zero-order valence-corrected chi connectivity index (χ0v) is 19.9. The second-order valence-electron chi connectivity index (χ2n) is 8.41. The van der Waals surface area contributed by atoms with Crippen molar-refractivity contribution in [2.75, 3.05) is 0 Å². The number of allylic oxidation sites excluding steroid dienone is 1. The van der Waals surface area contributed by atoms with Crippen LogP contribution in [0.25, 0.3) is 6.08 Å². The normalized spacial score (nSPS) is 23.6. The summed E-state index contributed by atoms with van der Waals surface area (Å²) in [6, 6.07) is 7.76. The Morgan fingerprint density at radius 1 is 1.30 bits per heavy atom. The van der Waals surface area contributed by atoms with Crippen LogP contribution in [-0.2, 0) is 6.54 Å². The van der Waals surface area contributed by atoms with Crippen molar-refractivity contribution in [3.05, 3.63) is 72.4 Å². The van der Waals surface area contributed by atoms with Gasteiger partial charge in [-0.3, -0.25) is 19.6 Å². The monoisotopic (exact) mass is 481 g/mol. The Morgan fingerprint density at radius 2 is 2.09 bits per heavy atom. The number of nitrogens with zero attached hydrogens (tertiary/aromatic N) is 5. The van der Waals surface area contributed by atoms with E-state index in [0.29, 0.717) is 12.5 Å². The average Bonchev–Trinajstić information content (AvgIpc) is 3.58. The summed E-state index contributed by atoms with van der Waals surface area (Å²) in [5.41, 5.74) is 1.59. The smallest absolute Gasteiger partial charge is 0.265 e. The lowest BCUT2D eigenvalue weighted by Gasteiger charge is -2.31. The Bertz CT molecular complexity index is 1240. The van der Waals surface area contributed by atoms with Gasteiger partial charge in [0.25, 0.3) is 0 Å². The van der Waals surface area contributed by atoms with Crippen LogP contribution in [0.2, 0.25) is 0 Å². The summed E-state index contributed by atoms with van der Waals surface area (Å²) < 4.78 is 1.42. The molecule has 3 atom stereocenters. The molecule has 0 saturated heterocycles. The minimum Gasteiger partial charge on any atom is -0.265 e. The number of nitro groups is 1. The van der Waals surface area contributed by atoms with Crippen LogP contribution in [0.15, 0.2) is 51.9 Å². The molecule has 33 heavy (non-hydrogen) atoms. The number of carbonyl (C=O) groups is 1. The summed E-state index contributed by atoms with van der Waals surface area (Å²) in [7, 11) is 0. The Labute approximate surface area is 199 Å². The molecule has 0 N–H and O–H groups in total. The summed E-state index contributed by atoms with van der Waals surface area (Å²) in [6.45, 7) is 4.49. The summed E-state index contributed by atoms with van der Waals surface area (Å²) in [5, 5.41) is 26.2. The van der Waals surface area contributed by atoms with Gasteiger partial charge in [0.15, 0.2) is 0 Å². The third-order valence-electron chi connectivity index (χ3n) is 6.13. The highest BCUT2D eigenvalue weighted by Crippen LogP contribution is 2.47. The molecule has 1 saturated carbocycles. The quantitative estimate of drug-likeness (QED) is 0.349. The van der Waals surface area contributed by atoms with E-state index in [1.807, 2.05) is 35.9 Å². The van der Waals surface area contributed by atoms with Gasteiger partial charge in [0.05, 0.1) is 16.7 Å². The van der Waals surface area contributed by atoms with Crippen molar-refractivity contribution in [2.24, 2.45) is 16.9 Å². The summed E-state index contributed by atoms with van der Waals surface area (Å²) >= 11 is 3.24. The fourth-order valence-electron chi connectivity index (χ4n) is 4.71. The number of rotatable bonds is 5. The van der Waals surface area contributed by atoms with Crippen LogP contribution in [-0.4, -0.2) is 31.3 Å². The Balaban J connectivity index is 1.61. The summed E-state index contributed by atoms with van der Waals surface area (Å²) in [5.74, 6) is -0.0569. The second kappa shape index (κ2) is 8.68. The number of hydrogen-bond donors (Lipinski definition) is 0. The molecule has 1 amide bonds. The predicted octanol–water partition coefficient (Wildman–Crippen LogP) is 5.62. The van der Waals surface area contributed by atoms with E-state index in [9.17, 15) is 14.9 Å². The molecule has 2 aliphatic rings. The molecule has 0 spiro atoms. The van der Waals surface area contributed by atoms with Gasteiger partial charge in [-0.05, 0) is 60.2 Å². The molecule has 8 nitrogen and oxygen atoms in total.